The fraction of sp³-hybridized carbons (Fsp3) is 0.348. The summed E-state index contributed by atoms with van der Waals surface area (Å²) in [5, 5.41) is 4.02. The zero-order valence-corrected chi connectivity index (χ0v) is 19.6. The van der Waals surface area contributed by atoms with Crippen LogP contribution in [0.3, 0.4) is 0 Å². The van der Waals surface area contributed by atoms with Crippen LogP contribution in [-0.2, 0) is 21.4 Å². The number of rotatable bonds is 9. The van der Waals surface area contributed by atoms with Crippen molar-refractivity contribution in [3.05, 3.63) is 65.5 Å². The highest BCUT2D eigenvalue weighted by atomic mass is 32.2. The first-order valence-corrected chi connectivity index (χ1v) is 12.2. The van der Waals surface area contributed by atoms with Gasteiger partial charge >= 0.3 is 0 Å². The highest BCUT2D eigenvalue weighted by Crippen LogP contribution is 2.23. The van der Waals surface area contributed by atoms with Gasteiger partial charge in [0.1, 0.15) is 0 Å². The summed E-state index contributed by atoms with van der Waals surface area (Å²) in [6, 6.07) is 15.0. The third-order valence-corrected chi connectivity index (χ3v) is 6.37. The average molecular weight is 457 g/mol. The Labute approximate surface area is 188 Å². The van der Waals surface area contributed by atoms with E-state index in [4.69, 9.17) is 4.52 Å². The number of carbonyl (C=O) groups excluding carboxylic acids is 1. The van der Waals surface area contributed by atoms with E-state index in [1.165, 1.54) is 15.5 Å². The maximum Gasteiger partial charge on any atom is 0.246 e. The fourth-order valence-corrected chi connectivity index (χ4v) is 4.44. The summed E-state index contributed by atoms with van der Waals surface area (Å²) in [6.07, 6.45) is 1.77. The van der Waals surface area contributed by atoms with Crippen molar-refractivity contribution in [1.29, 1.82) is 0 Å². The molecular formula is C23H28N4O4S. The summed E-state index contributed by atoms with van der Waals surface area (Å²) in [7, 11) is -1.80. The van der Waals surface area contributed by atoms with Gasteiger partial charge in [-0.3, -0.25) is 9.10 Å². The summed E-state index contributed by atoms with van der Waals surface area (Å²) in [6.45, 7) is 4.24. The van der Waals surface area contributed by atoms with Gasteiger partial charge in [0, 0.05) is 25.6 Å². The number of benzene rings is 2. The van der Waals surface area contributed by atoms with Gasteiger partial charge in [-0.15, -0.1) is 0 Å². The standard InChI is InChI=1S/C23H28N4O4S/c1-17-10-5-7-12-19(17)23-24-21(31-25-23)16-26(3)22(28)14-9-15-27(32(4,29)30)20-13-8-6-11-18(20)2/h5-8,10-13H,9,14-16H2,1-4H3. The number of aromatic nitrogens is 2. The van der Waals surface area contributed by atoms with Crippen molar-refractivity contribution in [2.24, 2.45) is 0 Å². The normalized spacial score (nSPS) is 11.4. The van der Waals surface area contributed by atoms with Gasteiger partial charge in [-0.05, 0) is 37.5 Å². The van der Waals surface area contributed by atoms with Crippen molar-refractivity contribution in [1.82, 2.24) is 15.0 Å². The van der Waals surface area contributed by atoms with Gasteiger partial charge in [0.15, 0.2) is 0 Å². The molecule has 1 amide bonds. The molecule has 0 bridgehead atoms. The lowest BCUT2D eigenvalue weighted by Crippen LogP contribution is -2.33. The van der Waals surface area contributed by atoms with Gasteiger partial charge in [0.05, 0.1) is 18.5 Å². The second-order valence-electron chi connectivity index (χ2n) is 7.80. The lowest BCUT2D eigenvalue weighted by molar-refractivity contribution is -0.130. The molecule has 170 valence electrons. The quantitative estimate of drug-likeness (QED) is 0.488. The van der Waals surface area contributed by atoms with Crippen molar-refractivity contribution in [3.63, 3.8) is 0 Å². The van der Waals surface area contributed by atoms with Crippen LogP contribution in [0.25, 0.3) is 11.4 Å². The van der Waals surface area contributed by atoms with Gasteiger partial charge in [-0.1, -0.05) is 47.6 Å². The highest BCUT2D eigenvalue weighted by Gasteiger charge is 2.20. The smallest absolute Gasteiger partial charge is 0.246 e. The number of hydrogen-bond donors (Lipinski definition) is 0. The van der Waals surface area contributed by atoms with Gasteiger partial charge in [-0.25, -0.2) is 8.42 Å². The zero-order chi connectivity index (χ0) is 23.3. The molecule has 0 saturated heterocycles. The molecule has 1 aromatic heterocycles. The molecule has 3 aromatic rings. The van der Waals surface area contributed by atoms with Crippen molar-refractivity contribution >= 4 is 21.6 Å². The molecule has 0 radical (unpaired) electrons. The lowest BCUT2D eigenvalue weighted by atomic mass is 10.1. The van der Waals surface area contributed by atoms with Crippen LogP contribution in [0.2, 0.25) is 0 Å². The Balaban J connectivity index is 1.58. The Morgan fingerprint density at radius 1 is 1.03 bits per heavy atom. The zero-order valence-electron chi connectivity index (χ0n) is 18.8. The summed E-state index contributed by atoms with van der Waals surface area (Å²) >= 11 is 0. The molecule has 0 fully saturated rings. The minimum Gasteiger partial charge on any atom is -0.337 e. The van der Waals surface area contributed by atoms with E-state index in [9.17, 15) is 13.2 Å². The molecule has 0 unspecified atom stereocenters. The molecule has 1 heterocycles. The van der Waals surface area contributed by atoms with E-state index in [-0.39, 0.29) is 25.4 Å². The van der Waals surface area contributed by atoms with Crippen LogP contribution in [0.4, 0.5) is 5.69 Å². The molecule has 0 aliphatic rings. The maximum absolute atomic E-state index is 12.6. The van der Waals surface area contributed by atoms with Crippen molar-refractivity contribution < 1.29 is 17.7 Å². The van der Waals surface area contributed by atoms with E-state index in [2.05, 4.69) is 10.1 Å². The molecule has 0 N–H and O–H groups in total. The molecular weight excluding hydrogens is 428 g/mol. The van der Waals surface area contributed by atoms with Crippen molar-refractivity contribution in [2.75, 3.05) is 24.2 Å². The van der Waals surface area contributed by atoms with Crippen LogP contribution in [0, 0.1) is 13.8 Å². The van der Waals surface area contributed by atoms with Crippen LogP contribution >= 0.6 is 0 Å². The molecule has 8 nitrogen and oxygen atoms in total. The maximum atomic E-state index is 12.6. The van der Waals surface area contributed by atoms with Gasteiger partial charge in [-0.2, -0.15) is 4.98 Å². The van der Waals surface area contributed by atoms with Gasteiger partial charge in [0.2, 0.25) is 27.6 Å². The number of aryl methyl sites for hydroxylation is 2. The average Bonchev–Trinajstić information content (AvgIpc) is 3.19. The number of carbonyl (C=O) groups is 1. The Bertz CT molecular complexity index is 1190. The van der Waals surface area contributed by atoms with E-state index in [0.29, 0.717) is 23.8 Å². The highest BCUT2D eigenvalue weighted by molar-refractivity contribution is 7.92. The Morgan fingerprint density at radius 2 is 1.69 bits per heavy atom. The van der Waals surface area contributed by atoms with E-state index < -0.39 is 10.0 Å². The number of nitrogens with zero attached hydrogens (tertiary/aromatic N) is 4. The van der Waals surface area contributed by atoms with E-state index in [1.54, 1.807) is 19.2 Å². The summed E-state index contributed by atoms with van der Waals surface area (Å²) in [4.78, 5) is 18.5. The van der Waals surface area contributed by atoms with E-state index >= 15 is 0 Å². The van der Waals surface area contributed by atoms with Crippen LogP contribution in [-0.4, -0.2) is 49.2 Å². The topological polar surface area (TPSA) is 96.6 Å². The van der Waals surface area contributed by atoms with Crippen molar-refractivity contribution in [2.45, 2.75) is 33.2 Å². The molecule has 0 spiro atoms. The molecule has 0 aliphatic carbocycles. The lowest BCUT2D eigenvalue weighted by Gasteiger charge is -2.24. The third-order valence-electron chi connectivity index (χ3n) is 5.19. The largest absolute Gasteiger partial charge is 0.337 e. The van der Waals surface area contributed by atoms with Crippen LogP contribution in [0.5, 0.6) is 0 Å². The van der Waals surface area contributed by atoms with E-state index in [1.807, 2.05) is 50.2 Å². The molecule has 0 atom stereocenters. The molecule has 2 aromatic carbocycles. The second kappa shape index (κ2) is 9.95. The molecule has 9 heteroatoms. The monoisotopic (exact) mass is 456 g/mol. The summed E-state index contributed by atoms with van der Waals surface area (Å²) in [5.41, 5.74) is 3.41. The Morgan fingerprint density at radius 3 is 2.34 bits per heavy atom. The first-order valence-electron chi connectivity index (χ1n) is 10.3. The third kappa shape index (κ3) is 5.73. The Kier molecular flexibility index (Phi) is 7.29. The molecule has 3 rings (SSSR count). The fourth-order valence-electron chi connectivity index (χ4n) is 3.42. The SMILES string of the molecule is Cc1ccccc1-c1noc(CN(C)C(=O)CCCN(c2ccccc2C)S(C)(=O)=O)n1. The molecule has 32 heavy (non-hydrogen) atoms. The molecule has 0 saturated carbocycles. The van der Waals surface area contributed by atoms with Crippen molar-refractivity contribution in [3.8, 4) is 11.4 Å². The second-order valence-corrected chi connectivity index (χ2v) is 9.71. The number of anilines is 1. The number of amides is 1. The minimum absolute atomic E-state index is 0.126. The predicted octanol–water partition coefficient (Wildman–Crippen LogP) is 3.56. The summed E-state index contributed by atoms with van der Waals surface area (Å²) in [5.74, 6) is 0.705. The molecule has 0 aliphatic heterocycles. The summed E-state index contributed by atoms with van der Waals surface area (Å²) < 4.78 is 31.2. The Hall–Kier alpha value is -3.20. The first kappa shape index (κ1) is 23.5. The first-order chi connectivity index (χ1) is 15.2. The predicted molar refractivity (Wildman–Crippen MR) is 124 cm³/mol. The number of hydrogen-bond acceptors (Lipinski definition) is 6. The van der Waals surface area contributed by atoms with Gasteiger partial charge < -0.3 is 9.42 Å². The van der Waals surface area contributed by atoms with Gasteiger partial charge in [0.25, 0.3) is 0 Å². The van der Waals surface area contributed by atoms with E-state index in [0.717, 1.165) is 16.7 Å². The van der Waals surface area contributed by atoms with Crippen LogP contribution in [0.15, 0.2) is 53.1 Å². The number of para-hydroxylation sites is 1. The number of sulfonamides is 1. The van der Waals surface area contributed by atoms with Crippen LogP contribution < -0.4 is 4.31 Å². The van der Waals surface area contributed by atoms with Crippen LogP contribution in [0.1, 0.15) is 29.9 Å². The minimum atomic E-state index is -3.46.